The molecule has 0 aliphatic carbocycles. The molecule has 5 nitrogen and oxygen atoms in total. The van der Waals surface area contributed by atoms with Crippen molar-refractivity contribution < 1.29 is 19.4 Å². The molecule has 0 fully saturated rings. The Labute approximate surface area is 156 Å². The minimum Gasteiger partial charge on any atom is -0.478 e. The molecule has 1 aliphatic rings. The van der Waals surface area contributed by atoms with Crippen LogP contribution in [0.15, 0.2) is 78.9 Å². The zero-order valence-corrected chi connectivity index (χ0v) is 14.4. The average Bonchev–Trinajstić information content (AvgIpc) is 2.71. The number of aromatic carboxylic acids is 1. The van der Waals surface area contributed by atoms with Crippen molar-refractivity contribution in [2.75, 3.05) is 4.90 Å². The molecule has 1 amide bonds. The number of carbonyl (C=O) groups excluding carboxylic acids is 1. The molecule has 3 aromatic carbocycles. The Morgan fingerprint density at radius 2 is 1.59 bits per heavy atom. The number of hydrogen-bond donors (Lipinski definition) is 1. The van der Waals surface area contributed by atoms with E-state index in [9.17, 15) is 9.59 Å². The van der Waals surface area contributed by atoms with Gasteiger partial charge in [-0.1, -0.05) is 54.6 Å². The number of ether oxygens (including phenoxy) is 1. The van der Waals surface area contributed by atoms with Crippen molar-refractivity contribution in [2.45, 2.75) is 12.6 Å². The number of carboxylic acid groups (broad SMARTS) is 1. The summed E-state index contributed by atoms with van der Waals surface area (Å²) in [7, 11) is 0. The third-order valence-electron chi connectivity index (χ3n) is 4.54. The number of anilines is 1. The van der Waals surface area contributed by atoms with Crippen molar-refractivity contribution in [3.63, 3.8) is 0 Å². The fourth-order valence-electron chi connectivity index (χ4n) is 3.15. The quantitative estimate of drug-likeness (QED) is 0.763. The second-order valence-electron chi connectivity index (χ2n) is 6.30. The van der Waals surface area contributed by atoms with Crippen LogP contribution in [-0.2, 0) is 11.3 Å². The van der Waals surface area contributed by atoms with Gasteiger partial charge in [0.1, 0.15) is 5.75 Å². The van der Waals surface area contributed by atoms with E-state index in [1.807, 2.05) is 54.6 Å². The van der Waals surface area contributed by atoms with E-state index >= 15 is 0 Å². The van der Waals surface area contributed by atoms with E-state index in [1.54, 1.807) is 29.2 Å². The maximum absolute atomic E-state index is 13.2. The first-order chi connectivity index (χ1) is 13.1. The Morgan fingerprint density at radius 3 is 2.30 bits per heavy atom. The Bertz CT molecular complexity index is 983. The highest BCUT2D eigenvalue weighted by Gasteiger charge is 2.35. The Balaban J connectivity index is 1.69. The summed E-state index contributed by atoms with van der Waals surface area (Å²) in [6.45, 7) is 0.336. The molecule has 4 rings (SSSR count). The highest BCUT2D eigenvalue weighted by molar-refractivity contribution is 6.00. The molecular formula is C22H17NO4. The minimum absolute atomic E-state index is 0.151. The van der Waals surface area contributed by atoms with E-state index in [-0.39, 0.29) is 11.5 Å². The van der Waals surface area contributed by atoms with Crippen LogP contribution in [0.5, 0.6) is 5.75 Å². The lowest BCUT2D eigenvalue weighted by atomic mass is 10.0. The summed E-state index contributed by atoms with van der Waals surface area (Å²) in [5.74, 6) is -0.478. The summed E-state index contributed by atoms with van der Waals surface area (Å²) in [5, 5.41) is 9.05. The molecule has 1 atom stereocenters. The first-order valence-corrected chi connectivity index (χ1v) is 8.58. The maximum atomic E-state index is 13.2. The monoisotopic (exact) mass is 359 g/mol. The molecule has 1 heterocycles. The van der Waals surface area contributed by atoms with Gasteiger partial charge in [0.2, 0.25) is 6.10 Å². The fourth-order valence-corrected chi connectivity index (χ4v) is 3.15. The van der Waals surface area contributed by atoms with Gasteiger partial charge in [0.15, 0.2) is 0 Å². The lowest BCUT2D eigenvalue weighted by Gasteiger charge is -2.34. The highest BCUT2D eigenvalue weighted by Crippen LogP contribution is 2.39. The first kappa shape index (κ1) is 16.8. The number of rotatable bonds is 4. The second kappa shape index (κ2) is 6.96. The molecule has 3 aromatic rings. The molecule has 0 saturated heterocycles. The number of nitrogens with zero attached hydrogens (tertiary/aromatic N) is 1. The van der Waals surface area contributed by atoms with Crippen molar-refractivity contribution in [3.8, 4) is 5.75 Å². The molecule has 1 N–H and O–H groups in total. The van der Waals surface area contributed by atoms with Gasteiger partial charge in [-0.15, -0.1) is 0 Å². The van der Waals surface area contributed by atoms with Crippen molar-refractivity contribution >= 4 is 17.6 Å². The Hall–Kier alpha value is -3.60. The average molecular weight is 359 g/mol. The van der Waals surface area contributed by atoms with Crippen LogP contribution in [-0.4, -0.2) is 17.0 Å². The lowest BCUT2D eigenvalue weighted by Crippen LogP contribution is -2.40. The SMILES string of the molecule is O=C(O)c1ccc(CN2C(=O)C(c3ccccc3)Oc3ccccc32)cc1. The van der Waals surface area contributed by atoms with Crippen LogP contribution in [0.3, 0.4) is 0 Å². The molecular weight excluding hydrogens is 342 g/mol. The number of carboxylic acids is 1. The van der Waals surface area contributed by atoms with Gasteiger partial charge >= 0.3 is 5.97 Å². The minimum atomic E-state index is -0.974. The molecule has 0 radical (unpaired) electrons. The van der Waals surface area contributed by atoms with Crippen LogP contribution in [0.25, 0.3) is 0 Å². The molecule has 134 valence electrons. The number of amides is 1. The molecule has 1 aliphatic heterocycles. The summed E-state index contributed by atoms with van der Waals surface area (Å²) in [4.78, 5) is 25.9. The number of para-hydroxylation sites is 2. The van der Waals surface area contributed by atoms with Gasteiger partial charge in [0.05, 0.1) is 17.8 Å². The van der Waals surface area contributed by atoms with Crippen LogP contribution >= 0.6 is 0 Å². The summed E-state index contributed by atoms with van der Waals surface area (Å²) in [6.07, 6.45) is -0.709. The summed E-state index contributed by atoms with van der Waals surface area (Å²) < 4.78 is 5.98. The molecule has 0 aromatic heterocycles. The van der Waals surface area contributed by atoms with Gasteiger partial charge in [0.25, 0.3) is 5.91 Å². The van der Waals surface area contributed by atoms with Crippen LogP contribution in [0, 0.1) is 0 Å². The van der Waals surface area contributed by atoms with Gasteiger partial charge in [-0.3, -0.25) is 4.79 Å². The summed E-state index contributed by atoms with van der Waals surface area (Å²) in [6, 6.07) is 23.4. The highest BCUT2D eigenvalue weighted by atomic mass is 16.5. The van der Waals surface area contributed by atoms with Crippen molar-refractivity contribution in [2.24, 2.45) is 0 Å². The second-order valence-corrected chi connectivity index (χ2v) is 6.30. The molecule has 0 bridgehead atoms. The predicted octanol–water partition coefficient (Wildman–Crippen LogP) is 4.05. The molecule has 27 heavy (non-hydrogen) atoms. The zero-order chi connectivity index (χ0) is 18.8. The van der Waals surface area contributed by atoms with Crippen molar-refractivity contribution in [1.82, 2.24) is 0 Å². The lowest BCUT2D eigenvalue weighted by molar-refractivity contribution is -0.126. The van der Waals surface area contributed by atoms with Gasteiger partial charge in [0, 0.05) is 5.56 Å². The van der Waals surface area contributed by atoms with Crippen LogP contribution in [0.4, 0.5) is 5.69 Å². The predicted molar refractivity (Wildman–Crippen MR) is 101 cm³/mol. The molecule has 1 unspecified atom stereocenters. The maximum Gasteiger partial charge on any atom is 0.335 e. The van der Waals surface area contributed by atoms with E-state index in [2.05, 4.69) is 0 Å². The molecule has 0 saturated carbocycles. The smallest absolute Gasteiger partial charge is 0.335 e. The van der Waals surface area contributed by atoms with E-state index < -0.39 is 12.1 Å². The van der Waals surface area contributed by atoms with E-state index in [4.69, 9.17) is 9.84 Å². The summed E-state index contributed by atoms with van der Waals surface area (Å²) >= 11 is 0. The van der Waals surface area contributed by atoms with Crippen molar-refractivity contribution in [1.29, 1.82) is 0 Å². The van der Waals surface area contributed by atoms with Crippen LogP contribution in [0.2, 0.25) is 0 Å². The standard InChI is InChI=1S/C22H17NO4/c24-21-20(16-6-2-1-3-7-16)27-19-9-5-4-8-18(19)23(21)14-15-10-12-17(13-11-15)22(25)26/h1-13,20H,14H2,(H,25,26). The van der Waals surface area contributed by atoms with Gasteiger partial charge in [-0.2, -0.15) is 0 Å². The zero-order valence-electron chi connectivity index (χ0n) is 14.4. The van der Waals surface area contributed by atoms with E-state index in [1.165, 1.54) is 0 Å². The van der Waals surface area contributed by atoms with Crippen molar-refractivity contribution in [3.05, 3.63) is 95.6 Å². The normalized spacial score (nSPS) is 15.8. The number of benzene rings is 3. The van der Waals surface area contributed by atoms with E-state index in [0.29, 0.717) is 18.0 Å². The van der Waals surface area contributed by atoms with Crippen LogP contribution < -0.4 is 9.64 Å². The molecule has 0 spiro atoms. The van der Waals surface area contributed by atoms with Gasteiger partial charge < -0.3 is 14.7 Å². The third-order valence-corrected chi connectivity index (χ3v) is 4.54. The Kier molecular flexibility index (Phi) is 4.34. The Morgan fingerprint density at radius 1 is 0.926 bits per heavy atom. The topological polar surface area (TPSA) is 66.8 Å². The number of hydrogen-bond acceptors (Lipinski definition) is 3. The first-order valence-electron chi connectivity index (χ1n) is 8.58. The fraction of sp³-hybridized carbons (Fsp3) is 0.0909. The largest absolute Gasteiger partial charge is 0.478 e. The van der Waals surface area contributed by atoms with E-state index in [0.717, 1.165) is 11.1 Å². The van der Waals surface area contributed by atoms with Gasteiger partial charge in [-0.25, -0.2) is 4.79 Å². The molecule has 5 heteroatoms. The summed E-state index contributed by atoms with van der Waals surface area (Å²) in [5.41, 5.74) is 2.56. The van der Waals surface area contributed by atoms with Crippen LogP contribution in [0.1, 0.15) is 27.6 Å². The third kappa shape index (κ3) is 3.27. The van der Waals surface area contributed by atoms with Gasteiger partial charge in [-0.05, 0) is 29.8 Å². The number of fused-ring (bicyclic) bond motifs is 1. The number of carbonyl (C=O) groups is 2.